The number of carbonyl (C=O) groups is 1. The summed E-state index contributed by atoms with van der Waals surface area (Å²) in [4.78, 5) is 12.9. The Morgan fingerprint density at radius 2 is 1.62 bits per heavy atom. The smallest absolute Gasteiger partial charge is 0.288 e. The van der Waals surface area contributed by atoms with Crippen LogP contribution in [0.25, 0.3) is 0 Å². The predicted octanol–water partition coefficient (Wildman–Crippen LogP) is 4.32. The first-order valence-electron chi connectivity index (χ1n) is 7.12. The third kappa shape index (κ3) is 3.11. The van der Waals surface area contributed by atoms with Crippen molar-refractivity contribution in [1.29, 1.82) is 0 Å². The summed E-state index contributed by atoms with van der Waals surface area (Å²) in [7, 11) is -1.51. The summed E-state index contributed by atoms with van der Waals surface area (Å²) in [5.74, 6) is -0.0302. The molecule has 2 aromatic rings. The Morgan fingerprint density at radius 1 is 1.05 bits per heavy atom. The van der Waals surface area contributed by atoms with Gasteiger partial charge in [-0.3, -0.25) is 4.79 Å². The van der Waals surface area contributed by atoms with Gasteiger partial charge < -0.3 is 0 Å². The lowest BCUT2D eigenvalue weighted by Crippen LogP contribution is -2.16. The minimum absolute atomic E-state index is 0.0302. The van der Waals surface area contributed by atoms with E-state index in [2.05, 4.69) is 0 Å². The van der Waals surface area contributed by atoms with E-state index in [4.69, 9.17) is 0 Å². The number of carbonyl (C=O) groups excluding carboxylic acids is 1. The van der Waals surface area contributed by atoms with E-state index in [-0.39, 0.29) is 5.78 Å². The van der Waals surface area contributed by atoms with Crippen LogP contribution in [0.5, 0.6) is 0 Å². The summed E-state index contributed by atoms with van der Waals surface area (Å²) in [5.41, 5.74) is 4.38. The standard InChI is InChI=1S/C18H20O2P/c1-5-21(20)16-9-7-6-8-15(16)18(19)17-13(3)10-12(2)11-14(17)4/h6-11H,5H2,1-4H3/q+1. The van der Waals surface area contributed by atoms with Gasteiger partial charge in [-0.05, 0) is 51.0 Å². The molecule has 0 spiro atoms. The zero-order chi connectivity index (χ0) is 15.6. The van der Waals surface area contributed by atoms with Crippen molar-refractivity contribution >= 4 is 18.9 Å². The Morgan fingerprint density at radius 3 is 2.19 bits per heavy atom. The average Bonchev–Trinajstić information content (AvgIpc) is 2.45. The third-order valence-corrected chi connectivity index (χ3v) is 5.11. The molecular weight excluding hydrogens is 279 g/mol. The zero-order valence-corrected chi connectivity index (χ0v) is 13.8. The number of hydrogen-bond acceptors (Lipinski definition) is 2. The first-order chi connectivity index (χ1) is 9.95. The van der Waals surface area contributed by atoms with E-state index in [1.54, 1.807) is 12.1 Å². The highest BCUT2D eigenvalue weighted by Crippen LogP contribution is 2.25. The minimum atomic E-state index is -1.51. The molecule has 1 atom stereocenters. The molecule has 0 amide bonds. The molecule has 0 saturated heterocycles. The van der Waals surface area contributed by atoms with Crippen molar-refractivity contribution in [2.45, 2.75) is 27.7 Å². The summed E-state index contributed by atoms with van der Waals surface area (Å²) < 4.78 is 12.2. The van der Waals surface area contributed by atoms with Gasteiger partial charge in [0.2, 0.25) is 5.30 Å². The molecule has 0 fully saturated rings. The fourth-order valence-electron chi connectivity index (χ4n) is 2.73. The molecule has 0 heterocycles. The van der Waals surface area contributed by atoms with Crippen molar-refractivity contribution in [3.8, 4) is 0 Å². The number of benzene rings is 2. The van der Waals surface area contributed by atoms with Crippen LogP contribution < -0.4 is 5.30 Å². The zero-order valence-electron chi connectivity index (χ0n) is 12.9. The number of rotatable bonds is 4. The highest BCUT2D eigenvalue weighted by atomic mass is 31.1. The largest absolute Gasteiger partial charge is 0.377 e. The summed E-state index contributed by atoms with van der Waals surface area (Å²) in [5, 5.41) is 0.666. The molecule has 108 valence electrons. The van der Waals surface area contributed by atoms with E-state index in [0.29, 0.717) is 17.0 Å². The van der Waals surface area contributed by atoms with Gasteiger partial charge in [0.05, 0.1) is 5.56 Å². The molecule has 1 unspecified atom stereocenters. The molecule has 0 aliphatic heterocycles. The SMILES string of the molecule is CC[P+](=O)c1ccccc1C(=O)c1c(C)cc(C)cc1C. The maximum absolute atomic E-state index is 12.9. The number of aryl methyl sites for hydroxylation is 3. The van der Waals surface area contributed by atoms with Crippen molar-refractivity contribution in [2.24, 2.45) is 0 Å². The van der Waals surface area contributed by atoms with Crippen LogP contribution in [0.15, 0.2) is 36.4 Å². The molecule has 3 heteroatoms. The van der Waals surface area contributed by atoms with Gasteiger partial charge in [-0.1, -0.05) is 34.4 Å². The predicted molar refractivity (Wildman–Crippen MR) is 88.3 cm³/mol. The van der Waals surface area contributed by atoms with Gasteiger partial charge in [-0.15, -0.1) is 0 Å². The van der Waals surface area contributed by atoms with Gasteiger partial charge in [0, 0.05) is 5.56 Å². The molecular formula is C18H20O2P+. The summed E-state index contributed by atoms with van der Waals surface area (Å²) >= 11 is 0. The first-order valence-corrected chi connectivity index (χ1v) is 8.56. The third-order valence-electron chi connectivity index (χ3n) is 3.61. The molecule has 0 N–H and O–H groups in total. The molecule has 0 radical (unpaired) electrons. The summed E-state index contributed by atoms with van der Waals surface area (Å²) in [6, 6.07) is 11.3. The highest BCUT2D eigenvalue weighted by Gasteiger charge is 2.26. The summed E-state index contributed by atoms with van der Waals surface area (Å²) in [6.07, 6.45) is 0.547. The minimum Gasteiger partial charge on any atom is -0.288 e. The normalized spacial score (nSPS) is 11.3. The molecule has 0 aromatic heterocycles. The molecule has 21 heavy (non-hydrogen) atoms. The van der Waals surface area contributed by atoms with Gasteiger partial charge in [-0.25, -0.2) is 0 Å². The van der Waals surface area contributed by atoms with Crippen LogP contribution >= 0.6 is 7.80 Å². The molecule has 2 aromatic carbocycles. The number of ketones is 1. The number of hydrogen-bond donors (Lipinski definition) is 0. The van der Waals surface area contributed by atoms with Crippen LogP contribution in [-0.4, -0.2) is 11.9 Å². The monoisotopic (exact) mass is 299 g/mol. The van der Waals surface area contributed by atoms with E-state index in [9.17, 15) is 9.36 Å². The lowest BCUT2D eigenvalue weighted by atomic mass is 9.93. The van der Waals surface area contributed by atoms with Crippen molar-refractivity contribution < 1.29 is 9.36 Å². The van der Waals surface area contributed by atoms with Crippen molar-refractivity contribution in [2.75, 3.05) is 6.16 Å². The molecule has 0 bridgehead atoms. The van der Waals surface area contributed by atoms with Crippen LogP contribution in [0.2, 0.25) is 0 Å². The van der Waals surface area contributed by atoms with E-state index < -0.39 is 7.80 Å². The molecule has 2 nitrogen and oxygen atoms in total. The fourth-order valence-corrected chi connectivity index (χ4v) is 3.76. The highest BCUT2D eigenvalue weighted by molar-refractivity contribution is 7.53. The Balaban J connectivity index is 2.59. The van der Waals surface area contributed by atoms with Crippen molar-refractivity contribution in [3.63, 3.8) is 0 Å². The maximum Gasteiger partial charge on any atom is 0.377 e. The first kappa shape index (κ1) is 15.6. The second kappa shape index (κ2) is 6.32. The second-order valence-corrected chi connectivity index (χ2v) is 7.19. The van der Waals surface area contributed by atoms with Crippen molar-refractivity contribution in [3.05, 3.63) is 64.2 Å². The molecule has 0 aliphatic carbocycles. The van der Waals surface area contributed by atoms with Crippen LogP contribution in [0.4, 0.5) is 0 Å². The lowest BCUT2D eigenvalue weighted by molar-refractivity contribution is 0.103. The molecule has 0 aliphatic rings. The van der Waals surface area contributed by atoms with Gasteiger partial charge in [0.25, 0.3) is 0 Å². The van der Waals surface area contributed by atoms with Gasteiger partial charge in [-0.2, -0.15) is 0 Å². The van der Waals surface area contributed by atoms with Crippen LogP contribution in [0, 0.1) is 20.8 Å². The average molecular weight is 299 g/mol. The Labute approximate surface area is 127 Å². The van der Waals surface area contributed by atoms with Crippen LogP contribution in [0.3, 0.4) is 0 Å². The Bertz CT molecular complexity index is 694. The van der Waals surface area contributed by atoms with E-state index in [0.717, 1.165) is 22.3 Å². The van der Waals surface area contributed by atoms with E-state index >= 15 is 0 Å². The topological polar surface area (TPSA) is 34.1 Å². The van der Waals surface area contributed by atoms with Crippen molar-refractivity contribution in [1.82, 2.24) is 0 Å². The Kier molecular flexibility index (Phi) is 4.69. The molecule has 2 rings (SSSR count). The van der Waals surface area contributed by atoms with Gasteiger partial charge in [0.15, 0.2) is 5.78 Å². The Hall–Kier alpha value is -1.79. The van der Waals surface area contributed by atoms with Crippen LogP contribution in [-0.2, 0) is 4.57 Å². The maximum atomic E-state index is 12.9. The van der Waals surface area contributed by atoms with E-state index in [1.165, 1.54) is 0 Å². The quantitative estimate of drug-likeness (QED) is 0.622. The van der Waals surface area contributed by atoms with Gasteiger partial charge in [0.1, 0.15) is 6.16 Å². The van der Waals surface area contributed by atoms with Gasteiger partial charge >= 0.3 is 7.80 Å². The summed E-state index contributed by atoms with van der Waals surface area (Å²) in [6.45, 7) is 7.81. The molecule has 0 saturated carbocycles. The lowest BCUT2D eigenvalue weighted by Gasteiger charge is -2.10. The fraction of sp³-hybridized carbons (Fsp3) is 0.278. The second-order valence-electron chi connectivity index (χ2n) is 5.31. The van der Waals surface area contributed by atoms with Crippen LogP contribution in [0.1, 0.15) is 39.5 Å². The van der Waals surface area contributed by atoms with E-state index in [1.807, 2.05) is 52.0 Å².